The molecule has 6 nitrogen and oxygen atoms in total. The molecule has 4 aromatic rings. The van der Waals surface area contributed by atoms with Crippen LogP contribution in [-0.4, -0.2) is 35.9 Å². The fourth-order valence-electron chi connectivity index (χ4n) is 4.41. The first-order valence-electron chi connectivity index (χ1n) is 10.9. The molecule has 0 spiro atoms. The van der Waals surface area contributed by atoms with Crippen LogP contribution >= 0.6 is 0 Å². The van der Waals surface area contributed by atoms with E-state index in [4.69, 9.17) is 18.9 Å². The molecule has 2 aromatic heterocycles. The van der Waals surface area contributed by atoms with Crippen molar-refractivity contribution in [1.29, 1.82) is 0 Å². The highest BCUT2D eigenvalue weighted by Crippen LogP contribution is 2.37. The summed E-state index contributed by atoms with van der Waals surface area (Å²) < 4.78 is 17.7. The highest BCUT2D eigenvalue weighted by molar-refractivity contribution is 6.07. The number of para-hydroxylation sites is 1. The molecule has 6 heteroatoms. The number of pyridine rings is 1. The van der Waals surface area contributed by atoms with Crippen LogP contribution in [0.15, 0.2) is 46.9 Å². The standard InChI is InChI=1S/C26H25NO5/c1-15-9-10-22(31-14-17-6-5-11-30-13-17)23-19(26(28)29)12-20(27-24(15)23)25-16(2)18-7-3-4-8-21(18)32-25/h3-4,7-10,12,17H,5-6,11,13-14H2,1-2H3,(H,28,29)/t17-/m0/s1. The highest BCUT2D eigenvalue weighted by Gasteiger charge is 2.22. The molecule has 1 N–H and O–H groups in total. The molecule has 0 radical (unpaired) electrons. The summed E-state index contributed by atoms with van der Waals surface area (Å²) >= 11 is 0. The third-order valence-electron chi connectivity index (χ3n) is 6.16. The van der Waals surface area contributed by atoms with Gasteiger partial charge >= 0.3 is 5.97 Å². The number of nitrogens with zero attached hydrogens (tertiary/aromatic N) is 1. The van der Waals surface area contributed by atoms with Gasteiger partial charge in [-0.05, 0) is 50.5 Å². The predicted molar refractivity (Wildman–Crippen MR) is 122 cm³/mol. The quantitative estimate of drug-likeness (QED) is 0.432. The molecular formula is C26H25NO5. The summed E-state index contributed by atoms with van der Waals surface area (Å²) in [7, 11) is 0. The van der Waals surface area contributed by atoms with Gasteiger partial charge < -0.3 is 19.0 Å². The molecule has 1 saturated heterocycles. The van der Waals surface area contributed by atoms with Crippen LogP contribution in [0.3, 0.4) is 0 Å². The Kier molecular flexibility index (Phi) is 5.31. The molecule has 1 aliphatic rings. The van der Waals surface area contributed by atoms with Crippen LogP contribution in [0, 0.1) is 19.8 Å². The first-order valence-corrected chi connectivity index (χ1v) is 10.9. The number of aromatic carboxylic acids is 1. The van der Waals surface area contributed by atoms with Crippen LogP contribution in [0.2, 0.25) is 0 Å². The van der Waals surface area contributed by atoms with Crippen molar-refractivity contribution in [2.75, 3.05) is 19.8 Å². The fraction of sp³-hybridized carbons (Fsp3) is 0.308. The van der Waals surface area contributed by atoms with E-state index in [2.05, 4.69) is 0 Å². The summed E-state index contributed by atoms with van der Waals surface area (Å²) in [4.78, 5) is 17.1. The lowest BCUT2D eigenvalue weighted by Crippen LogP contribution is -2.23. The third-order valence-corrected chi connectivity index (χ3v) is 6.16. The molecule has 164 valence electrons. The molecular weight excluding hydrogens is 406 g/mol. The van der Waals surface area contributed by atoms with Crippen molar-refractivity contribution < 1.29 is 23.8 Å². The van der Waals surface area contributed by atoms with Crippen LogP contribution in [-0.2, 0) is 4.74 Å². The van der Waals surface area contributed by atoms with Crippen molar-refractivity contribution >= 4 is 27.8 Å². The maximum Gasteiger partial charge on any atom is 0.336 e. The lowest BCUT2D eigenvalue weighted by molar-refractivity contribution is 0.0354. The summed E-state index contributed by atoms with van der Waals surface area (Å²) in [5, 5.41) is 11.6. The zero-order valence-electron chi connectivity index (χ0n) is 18.2. The average molecular weight is 431 g/mol. The van der Waals surface area contributed by atoms with Gasteiger partial charge in [0.25, 0.3) is 0 Å². The summed E-state index contributed by atoms with van der Waals surface area (Å²) in [5.74, 6) is 0.400. The van der Waals surface area contributed by atoms with Crippen molar-refractivity contribution in [1.82, 2.24) is 4.98 Å². The molecule has 1 atom stereocenters. The molecule has 0 bridgehead atoms. The second-order valence-corrected chi connectivity index (χ2v) is 8.41. The predicted octanol–water partition coefficient (Wildman–Crippen LogP) is 5.77. The molecule has 1 aliphatic heterocycles. The van der Waals surface area contributed by atoms with Gasteiger partial charge in [0.05, 0.1) is 29.7 Å². The van der Waals surface area contributed by atoms with Gasteiger partial charge in [0.1, 0.15) is 17.0 Å². The van der Waals surface area contributed by atoms with E-state index in [1.807, 2.05) is 50.2 Å². The largest absolute Gasteiger partial charge is 0.492 e. The number of aryl methyl sites for hydroxylation is 2. The van der Waals surface area contributed by atoms with Gasteiger partial charge in [-0.15, -0.1) is 0 Å². The SMILES string of the molecule is Cc1c(-c2cc(C(=O)O)c3c(OC[C@H]4CCCOC4)ccc(C)c3n2)oc2ccccc12. The van der Waals surface area contributed by atoms with Crippen molar-refractivity contribution in [3.8, 4) is 17.2 Å². The van der Waals surface area contributed by atoms with Crippen LogP contribution in [0.5, 0.6) is 5.75 Å². The molecule has 0 saturated carbocycles. The van der Waals surface area contributed by atoms with Gasteiger partial charge in [-0.1, -0.05) is 24.3 Å². The molecule has 32 heavy (non-hydrogen) atoms. The number of furan rings is 1. The number of ether oxygens (including phenoxy) is 2. The minimum absolute atomic E-state index is 0.156. The lowest BCUT2D eigenvalue weighted by Gasteiger charge is -2.23. The Labute approximate surface area is 185 Å². The Morgan fingerprint density at radius 1 is 1.22 bits per heavy atom. The van der Waals surface area contributed by atoms with Gasteiger partial charge in [0, 0.05) is 23.5 Å². The second-order valence-electron chi connectivity index (χ2n) is 8.41. The molecule has 3 heterocycles. The maximum absolute atomic E-state index is 12.3. The van der Waals surface area contributed by atoms with Crippen LogP contribution in [0.25, 0.3) is 33.3 Å². The van der Waals surface area contributed by atoms with Crippen molar-refractivity contribution in [3.63, 3.8) is 0 Å². The smallest absolute Gasteiger partial charge is 0.336 e. The number of carboxylic acids is 1. The number of rotatable bonds is 5. The van der Waals surface area contributed by atoms with Crippen LogP contribution in [0.4, 0.5) is 0 Å². The number of benzene rings is 2. The number of aromatic nitrogens is 1. The summed E-state index contributed by atoms with van der Waals surface area (Å²) in [6.45, 7) is 5.84. The monoisotopic (exact) mass is 431 g/mol. The zero-order valence-corrected chi connectivity index (χ0v) is 18.2. The molecule has 2 aromatic carbocycles. The van der Waals surface area contributed by atoms with Gasteiger partial charge in [-0.3, -0.25) is 0 Å². The highest BCUT2D eigenvalue weighted by atomic mass is 16.5. The Morgan fingerprint density at radius 3 is 2.81 bits per heavy atom. The number of hydrogen-bond donors (Lipinski definition) is 1. The first-order chi connectivity index (χ1) is 15.5. The third kappa shape index (κ3) is 3.60. The van der Waals surface area contributed by atoms with E-state index in [1.165, 1.54) is 0 Å². The van der Waals surface area contributed by atoms with E-state index < -0.39 is 5.97 Å². The van der Waals surface area contributed by atoms with Crippen molar-refractivity contribution in [2.45, 2.75) is 26.7 Å². The number of carboxylic acid groups (broad SMARTS) is 1. The molecule has 0 amide bonds. The van der Waals surface area contributed by atoms with Gasteiger partial charge in [-0.2, -0.15) is 0 Å². The Hall–Kier alpha value is -3.38. The van der Waals surface area contributed by atoms with Crippen molar-refractivity contribution in [3.05, 3.63) is 59.2 Å². The van der Waals surface area contributed by atoms with E-state index in [-0.39, 0.29) is 5.56 Å². The Balaban J connectivity index is 1.63. The van der Waals surface area contributed by atoms with Crippen LogP contribution < -0.4 is 4.74 Å². The van der Waals surface area contributed by atoms with Gasteiger partial charge in [0.2, 0.25) is 0 Å². The van der Waals surface area contributed by atoms with E-state index in [1.54, 1.807) is 6.07 Å². The zero-order chi connectivity index (χ0) is 22.2. The molecule has 0 unspecified atom stereocenters. The number of hydrogen-bond acceptors (Lipinski definition) is 5. The number of carbonyl (C=O) groups is 1. The topological polar surface area (TPSA) is 81.8 Å². The Bertz CT molecular complexity index is 1320. The van der Waals surface area contributed by atoms with E-state index in [9.17, 15) is 9.90 Å². The normalized spacial score (nSPS) is 16.5. The van der Waals surface area contributed by atoms with E-state index >= 15 is 0 Å². The maximum atomic E-state index is 12.3. The van der Waals surface area contributed by atoms with Gasteiger partial charge in [-0.25, -0.2) is 9.78 Å². The fourth-order valence-corrected chi connectivity index (χ4v) is 4.41. The lowest BCUT2D eigenvalue weighted by atomic mass is 10.0. The van der Waals surface area contributed by atoms with E-state index in [0.29, 0.717) is 47.2 Å². The summed E-state index contributed by atoms with van der Waals surface area (Å²) in [5.41, 5.74) is 3.84. The molecule has 1 fully saturated rings. The molecule has 5 rings (SSSR count). The van der Waals surface area contributed by atoms with Crippen molar-refractivity contribution in [2.24, 2.45) is 5.92 Å². The Morgan fingerprint density at radius 2 is 2.06 bits per heavy atom. The average Bonchev–Trinajstić information content (AvgIpc) is 3.15. The summed E-state index contributed by atoms with van der Waals surface area (Å²) in [6.07, 6.45) is 2.06. The van der Waals surface area contributed by atoms with E-state index in [0.717, 1.165) is 41.5 Å². The second kappa shape index (κ2) is 8.28. The minimum atomic E-state index is -1.02. The number of fused-ring (bicyclic) bond motifs is 2. The first kappa shape index (κ1) is 20.5. The summed E-state index contributed by atoms with van der Waals surface area (Å²) in [6, 6.07) is 13.1. The van der Waals surface area contributed by atoms with Crippen LogP contribution in [0.1, 0.15) is 34.3 Å². The van der Waals surface area contributed by atoms with Gasteiger partial charge in [0.15, 0.2) is 5.76 Å². The minimum Gasteiger partial charge on any atom is -0.492 e. The molecule has 0 aliphatic carbocycles.